The first-order valence-electron chi connectivity index (χ1n) is 5.70. The predicted octanol–water partition coefficient (Wildman–Crippen LogP) is 3.01. The number of hydrogen-bond donors (Lipinski definition) is 1. The second kappa shape index (κ2) is 5.26. The van der Waals surface area contributed by atoms with Crippen LogP contribution in [0.5, 0.6) is 0 Å². The molecular weight excluding hydrogens is 184 g/mol. The molecule has 0 aliphatic rings. The van der Waals surface area contributed by atoms with E-state index in [1.807, 2.05) is 13.2 Å². The number of rotatable bonds is 4. The monoisotopic (exact) mass is 206 g/mol. The Morgan fingerprint density at radius 1 is 1.40 bits per heavy atom. The Bertz CT molecular complexity index is 320. The number of aryl methyl sites for hydroxylation is 2. The lowest BCUT2D eigenvalue weighted by molar-refractivity contribution is 0.391. The fourth-order valence-corrected chi connectivity index (χ4v) is 1.98. The predicted molar refractivity (Wildman–Crippen MR) is 65.0 cm³/mol. The van der Waals surface area contributed by atoms with Gasteiger partial charge in [0.15, 0.2) is 0 Å². The van der Waals surface area contributed by atoms with Gasteiger partial charge in [-0.25, -0.2) is 0 Å². The van der Waals surface area contributed by atoms with E-state index in [2.05, 4.69) is 44.1 Å². The number of pyridine rings is 1. The Labute approximate surface area is 93.1 Å². The maximum absolute atomic E-state index is 4.56. The Morgan fingerprint density at radius 2 is 2.07 bits per heavy atom. The van der Waals surface area contributed by atoms with Crippen molar-refractivity contribution in [1.82, 2.24) is 10.3 Å². The molecule has 1 N–H and O–H groups in total. The number of hydrogen-bond acceptors (Lipinski definition) is 2. The Kier molecular flexibility index (Phi) is 4.28. The highest BCUT2D eigenvalue weighted by molar-refractivity contribution is 5.26. The third-order valence-corrected chi connectivity index (χ3v) is 3.07. The summed E-state index contributed by atoms with van der Waals surface area (Å²) in [5.74, 6) is 0.615. The van der Waals surface area contributed by atoms with Crippen molar-refractivity contribution in [3.63, 3.8) is 0 Å². The van der Waals surface area contributed by atoms with Crippen LogP contribution in [0, 0.1) is 19.8 Å². The molecule has 2 unspecified atom stereocenters. The lowest BCUT2D eigenvalue weighted by atomic mass is 9.93. The van der Waals surface area contributed by atoms with Gasteiger partial charge in [0.1, 0.15) is 0 Å². The lowest BCUT2D eigenvalue weighted by Gasteiger charge is -2.23. The quantitative estimate of drug-likeness (QED) is 0.819. The van der Waals surface area contributed by atoms with Gasteiger partial charge < -0.3 is 5.32 Å². The summed E-state index contributed by atoms with van der Waals surface area (Å²) >= 11 is 0. The summed E-state index contributed by atoms with van der Waals surface area (Å²) in [4.78, 5) is 4.56. The molecule has 2 nitrogen and oxygen atoms in total. The van der Waals surface area contributed by atoms with Crippen molar-refractivity contribution in [2.75, 3.05) is 7.05 Å². The minimum absolute atomic E-state index is 0.371. The number of nitrogens with one attached hydrogen (secondary N) is 1. The summed E-state index contributed by atoms with van der Waals surface area (Å²) in [5.41, 5.74) is 3.71. The molecule has 0 aliphatic heterocycles. The fraction of sp³-hybridized carbons (Fsp3) is 0.615. The third-order valence-electron chi connectivity index (χ3n) is 3.07. The molecule has 0 amide bonds. The molecule has 2 atom stereocenters. The van der Waals surface area contributed by atoms with Crippen molar-refractivity contribution in [2.45, 2.75) is 40.2 Å². The van der Waals surface area contributed by atoms with Crippen LogP contribution in [0.1, 0.15) is 43.1 Å². The van der Waals surface area contributed by atoms with E-state index in [1.165, 1.54) is 23.2 Å². The zero-order valence-electron chi connectivity index (χ0n) is 10.5. The van der Waals surface area contributed by atoms with Crippen LogP contribution < -0.4 is 5.32 Å². The van der Waals surface area contributed by atoms with Crippen molar-refractivity contribution in [2.24, 2.45) is 5.92 Å². The van der Waals surface area contributed by atoms with Gasteiger partial charge in [0.25, 0.3) is 0 Å². The van der Waals surface area contributed by atoms with Gasteiger partial charge in [0.05, 0.1) is 11.7 Å². The van der Waals surface area contributed by atoms with Gasteiger partial charge in [-0.15, -0.1) is 0 Å². The summed E-state index contributed by atoms with van der Waals surface area (Å²) in [5, 5.41) is 3.37. The van der Waals surface area contributed by atoms with E-state index in [9.17, 15) is 0 Å². The van der Waals surface area contributed by atoms with Crippen LogP contribution >= 0.6 is 0 Å². The summed E-state index contributed by atoms with van der Waals surface area (Å²) in [6.07, 6.45) is 3.12. The molecule has 0 spiro atoms. The molecule has 1 rings (SSSR count). The van der Waals surface area contributed by atoms with Gasteiger partial charge >= 0.3 is 0 Å². The second-order valence-corrected chi connectivity index (χ2v) is 4.37. The highest BCUT2D eigenvalue weighted by atomic mass is 14.9. The third kappa shape index (κ3) is 2.78. The molecule has 0 aromatic carbocycles. The molecule has 0 saturated carbocycles. The van der Waals surface area contributed by atoms with E-state index < -0.39 is 0 Å². The van der Waals surface area contributed by atoms with E-state index in [0.717, 1.165) is 0 Å². The van der Waals surface area contributed by atoms with Gasteiger partial charge in [-0.3, -0.25) is 4.98 Å². The van der Waals surface area contributed by atoms with Crippen LogP contribution in [-0.4, -0.2) is 12.0 Å². The summed E-state index contributed by atoms with van der Waals surface area (Å²) in [6, 6.07) is 2.57. The molecule has 1 aromatic rings. The second-order valence-electron chi connectivity index (χ2n) is 4.37. The molecule has 1 heterocycles. The SMILES string of the molecule is CCC(C)C(NC)c1ncc(C)cc1C. The zero-order chi connectivity index (χ0) is 11.4. The topological polar surface area (TPSA) is 24.9 Å². The average molecular weight is 206 g/mol. The summed E-state index contributed by atoms with van der Waals surface area (Å²) < 4.78 is 0. The maximum atomic E-state index is 4.56. The first-order chi connectivity index (χ1) is 7.10. The van der Waals surface area contributed by atoms with Crippen molar-refractivity contribution >= 4 is 0 Å². The normalized spacial score (nSPS) is 15.0. The van der Waals surface area contributed by atoms with Crippen LogP contribution in [-0.2, 0) is 0 Å². The zero-order valence-corrected chi connectivity index (χ0v) is 10.5. The van der Waals surface area contributed by atoms with E-state index in [0.29, 0.717) is 12.0 Å². The standard InChI is InChI=1S/C13H22N2/c1-6-10(3)12(14-5)13-11(4)7-9(2)8-15-13/h7-8,10,12,14H,6H2,1-5H3. The molecule has 0 aliphatic carbocycles. The van der Waals surface area contributed by atoms with Crippen LogP contribution in [0.4, 0.5) is 0 Å². The molecule has 1 aromatic heterocycles. The summed E-state index contributed by atoms with van der Waals surface area (Å²) in [6.45, 7) is 8.71. The van der Waals surface area contributed by atoms with Crippen LogP contribution in [0.2, 0.25) is 0 Å². The minimum atomic E-state index is 0.371. The molecule has 2 heteroatoms. The van der Waals surface area contributed by atoms with E-state index >= 15 is 0 Å². The van der Waals surface area contributed by atoms with Gasteiger partial charge in [-0.05, 0) is 37.9 Å². The van der Waals surface area contributed by atoms with Gasteiger partial charge in [0, 0.05) is 6.20 Å². The molecule has 0 fully saturated rings. The van der Waals surface area contributed by atoms with E-state index in [4.69, 9.17) is 0 Å². The summed E-state index contributed by atoms with van der Waals surface area (Å²) in [7, 11) is 2.01. The first-order valence-corrected chi connectivity index (χ1v) is 5.70. The molecule has 0 saturated heterocycles. The highest BCUT2D eigenvalue weighted by Crippen LogP contribution is 2.24. The van der Waals surface area contributed by atoms with Crippen LogP contribution in [0.3, 0.4) is 0 Å². The smallest absolute Gasteiger partial charge is 0.0605 e. The maximum Gasteiger partial charge on any atom is 0.0605 e. The molecule has 0 radical (unpaired) electrons. The molecule has 0 bridgehead atoms. The van der Waals surface area contributed by atoms with Crippen molar-refractivity contribution in [3.05, 3.63) is 29.1 Å². The first kappa shape index (κ1) is 12.2. The highest BCUT2D eigenvalue weighted by Gasteiger charge is 2.18. The largest absolute Gasteiger partial charge is 0.311 e. The number of aromatic nitrogens is 1. The molecule has 84 valence electrons. The minimum Gasteiger partial charge on any atom is -0.311 e. The Hall–Kier alpha value is -0.890. The molecule has 15 heavy (non-hydrogen) atoms. The van der Waals surface area contributed by atoms with Gasteiger partial charge in [0.2, 0.25) is 0 Å². The molecular formula is C13H22N2. The van der Waals surface area contributed by atoms with Crippen molar-refractivity contribution in [1.29, 1.82) is 0 Å². The number of nitrogens with zero attached hydrogens (tertiary/aromatic N) is 1. The van der Waals surface area contributed by atoms with E-state index in [-0.39, 0.29) is 0 Å². The Morgan fingerprint density at radius 3 is 2.53 bits per heavy atom. The lowest BCUT2D eigenvalue weighted by Crippen LogP contribution is -2.25. The van der Waals surface area contributed by atoms with Crippen LogP contribution in [0.15, 0.2) is 12.3 Å². The van der Waals surface area contributed by atoms with Gasteiger partial charge in [-0.2, -0.15) is 0 Å². The van der Waals surface area contributed by atoms with Crippen molar-refractivity contribution < 1.29 is 0 Å². The Balaban J connectivity index is 3.01. The van der Waals surface area contributed by atoms with Gasteiger partial charge in [-0.1, -0.05) is 26.3 Å². The van der Waals surface area contributed by atoms with Crippen LogP contribution in [0.25, 0.3) is 0 Å². The van der Waals surface area contributed by atoms with Crippen molar-refractivity contribution in [3.8, 4) is 0 Å². The average Bonchev–Trinajstić information content (AvgIpc) is 2.21. The fourth-order valence-electron chi connectivity index (χ4n) is 1.98. The van der Waals surface area contributed by atoms with E-state index in [1.54, 1.807) is 0 Å².